The fourth-order valence-corrected chi connectivity index (χ4v) is 3.81. The van der Waals surface area contributed by atoms with Gasteiger partial charge in [-0.1, -0.05) is 50.3 Å². The Balaban J connectivity index is 0.000000761. The zero-order chi connectivity index (χ0) is 32.2. The Hall–Kier alpha value is -3.56. The van der Waals surface area contributed by atoms with Gasteiger partial charge in [-0.3, -0.25) is 4.79 Å². The molecule has 0 aliphatic carbocycles. The Morgan fingerprint density at radius 2 is 1.86 bits per heavy atom. The van der Waals surface area contributed by atoms with Crippen LogP contribution in [0.3, 0.4) is 0 Å². The van der Waals surface area contributed by atoms with Crippen molar-refractivity contribution in [2.45, 2.75) is 67.0 Å². The number of ether oxygens (including phenoxy) is 2. The number of hydrogen-bond acceptors (Lipinski definition) is 6. The minimum Gasteiger partial charge on any atom is -0.492 e. The van der Waals surface area contributed by atoms with Gasteiger partial charge in [-0.25, -0.2) is 9.78 Å². The van der Waals surface area contributed by atoms with E-state index in [1.54, 1.807) is 18.2 Å². The molecule has 3 N–H and O–H groups in total. The summed E-state index contributed by atoms with van der Waals surface area (Å²) in [6.07, 6.45) is 6.92. The van der Waals surface area contributed by atoms with Gasteiger partial charge in [0, 0.05) is 43.4 Å². The van der Waals surface area contributed by atoms with Crippen LogP contribution in [-0.2, 0) is 21.3 Å². The van der Waals surface area contributed by atoms with E-state index in [-0.39, 0.29) is 30.5 Å². The molecule has 0 fully saturated rings. The van der Waals surface area contributed by atoms with Crippen molar-refractivity contribution in [1.29, 1.82) is 0 Å². The van der Waals surface area contributed by atoms with Crippen LogP contribution in [0.15, 0.2) is 60.5 Å². The molecule has 0 spiro atoms. The van der Waals surface area contributed by atoms with Crippen molar-refractivity contribution in [3.05, 3.63) is 77.5 Å². The van der Waals surface area contributed by atoms with Crippen molar-refractivity contribution in [2.24, 2.45) is 7.05 Å². The van der Waals surface area contributed by atoms with Crippen LogP contribution in [0, 0.1) is 13.8 Å². The molecule has 42 heavy (non-hydrogen) atoms. The Kier molecular flexibility index (Phi) is 19.4. The van der Waals surface area contributed by atoms with Crippen LogP contribution >= 0.6 is 11.6 Å². The van der Waals surface area contributed by atoms with Crippen molar-refractivity contribution in [2.75, 3.05) is 26.1 Å². The third-order valence-corrected chi connectivity index (χ3v) is 5.65. The number of aliphatic hydroxyl groups is 1. The van der Waals surface area contributed by atoms with Crippen molar-refractivity contribution in [3.8, 4) is 11.3 Å². The molecule has 1 heterocycles. The zero-order valence-electron chi connectivity index (χ0n) is 26.6. The van der Waals surface area contributed by atoms with E-state index in [0.717, 1.165) is 17.1 Å². The first-order chi connectivity index (χ1) is 19.9. The normalized spacial score (nSPS) is 11.6. The summed E-state index contributed by atoms with van der Waals surface area (Å²) >= 11 is 5.62. The lowest BCUT2D eigenvalue weighted by atomic mass is 10.0. The highest BCUT2D eigenvalue weighted by atomic mass is 35.5. The van der Waals surface area contributed by atoms with Gasteiger partial charge in [0.1, 0.15) is 11.6 Å². The molecule has 1 atom stereocenters. The topological polar surface area (TPSA) is 115 Å². The van der Waals surface area contributed by atoms with Gasteiger partial charge in [0.2, 0.25) is 0 Å². The van der Waals surface area contributed by atoms with E-state index in [4.69, 9.17) is 21.4 Å². The lowest BCUT2D eigenvalue weighted by Gasteiger charge is -2.12. The SMILES string of the molecule is C=C(/C=C\C(=C/CCl)C(=O)NCCCO)OC(C)C.CC.COC(=O)NC(C)c1nc(-c2ccc(C)cc2C)cn1C. The summed E-state index contributed by atoms with van der Waals surface area (Å²) in [7, 11) is 3.27. The molecule has 2 aromatic rings. The molecule has 1 unspecified atom stereocenters. The van der Waals surface area contributed by atoms with Crippen molar-refractivity contribution in [1.82, 2.24) is 20.2 Å². The van der Waals surface area contributed by atoms with E-state index < -0.39 is 6.09 Å². The number of alkyl carbamates (subject to hydrolysis) is 1. The first-order valence-corrected chi connectivity index (χ1v) is 14.6. The van der Waals surface area contributed by atoms with E-state index in [0.29, 0.717) is 24.3 Å². The molecule has 9 nitrogen and oxygen atoms in total. The Labute approximate surface area is 256 Å². The average molecular weight is 605 g/mol. The maximum Gasteiger partial charge on any atom is 0.407 e. The van der Waals surface area contributed by atoms with E-state index in [1.165, 1.54) is 18.2 Å². The predicted octanol–water partition coefficient (Wildman–Crippen LogP) is 6.29. The third kappa shape index (κ3) is 14.4. The van der Waals surface area contributed by atoms with E-state index in [9.17, 15) is 9.59 Å². The second-order valence-electron chi connectivity index (χ2n) is 9.38. The number of alkyl halides is 1. The second-order valence-corrected chi connectivity index (χ2v) is 9.69. The van der Waals surface area contributed by atoms with Gasteiger partial charge >= 0.3 is 6.09 Å². The molecule has 10 heteroatoms. The minimum absolute atomic E-state index is 0.0380. The van der Waals surface area contributed by atoms with Crippen LogP contribution in [0.25, 0.3) is 11.3 Å². The van der Waals surface area contributed by atoms with Crippen LogP contribution in [-0.4, -0.2) is 58.9 Å². The highest BCUT2D eigenvalue weighted by molar-refractivity contribution is 6.19. The maximum absolute atomic E-state index is 11.8. The largest absolute Gasteiger partial charge is 0.492 e. The number of carbonyl (C=O) groups excluding carboxylic acids is 2. The molecule has 234 valence electrons. The molecule has 0 aliphatic heterocycles. The summed E-state index contributed by atoms with van der Waals surface area (Å²) in [4.78, 5) is 27.8. The number of nitrogens with one attached hydrogen (secondary N) is 2. The number of amides is 2. The number of halogens is 1. The fourth-order valence-electron chi connectivity index (χ4n) is 3.64. The number of aryl methyl sites for hydroxylation is 3. The molecular formula is C32H49ClN4O5. The molecule has 2 amide bonds. The smallest absolute Gasteiger partial charge is 0.407 e. The molecule has 0 radical (unpaired) electrons. The number of aromatic nitrogens is 2. The third-order valence-electron chi connectivity index (χ3n) is 5.49. The Bertz CT molecular complexity index is 1190. The van der Waals surface area contributed by atoms with Gasteiger partial charge in [-0.05, 0) is 58.8 Å². The minimum atomic E-state index is -0.460. The molecule has 0 saturated heterocycles. The molecule has 0 bridgehead atoms. The summed E-state index contributed by atoms with van der Waals surface area (Å²) in [5.41, 5.74) is 4.87. The number of aliphatic hydroxyl groups excluding tert-OH is 1. The summed E-state index contributed by atoms with van der Waals surface area (Å²) in [6, 6.07) is 6.07. The maximum atomic E-state index is 11.8. The van der Waals surface area contributed by atoms with Gasteiger partial charge in [-0.2, -0.15) is 0 Å². The van der Waals surface area contributed by atoms with Gasteiger partial charge in [0.25, 0.3) is 5.91 Å². The first kappa shape index (κ1) is 38.4. The Morgan fingerprint density at radius 1 is 1.19 bits per heavy atom. The van der Waals surface area contributed by atoms with Crippen molar-refractivity contribution < 1.29 is 24.2 Å². The van der Waals surface area contributed by atoms with Gasteiger partial charge in [0.05, 0.1) is 24.9 Å². The molecule has 2 rings (SSSR count). The highest BCUT2D eigenvalue weighted by Crippen LogP contribution is 2.25. The monoisotopic (exact) mass is 604 g/mol. The molecular weight excluding hydrogens is 556 g/mol. The summed E-state index contributed by atoms with van der Waals surface area (Å²) < 4.78 is 11.9. The lowest BCUT2D eigenvalue weighted by molar-refractivity contribution is -0.117. The quantitative estimate of drug-likeness (QED) is 0.0862. The van der Waals surface area contributed by atoms with Crippen LogP contribution in [0.1, 0.15) is 64.0 Å². The fraction of sp³-hybridized carbons (Fsp3) is 0.469. The number of imidazole rings is 1. The number of methoxy groups -OCH3 is 1. The lowest BCUT2D eigenvalue weighted by Crippen LogP contribution is -2.28. The summed E-state index contributed by atoms with van der Waals surface area (Å²) in [5.74, 6) is 1.28. The summed E-state index contributed by atoms with van der Waals surface area (Å²) in [6.45, 7) is 18.0. The predicted molar refractivity (Wildman–Crippen MR) is 171 cm³/mol. The average Bonchev–Trinajstić information content (AvgIpc) is 3.33. The van der Waals surface area contributed by atoms with Crippen molar-refractivity contribution in [3.63, 3.8) is 0 Å². The number of benzene rings is 1. The second kappa shape index (κ2) is 21.2. The van der Waals surface area contributed by atoms with E-state index in [1.807, 2.05) is 52.4 Å². The number of allylic oxidation sites excluding steroid dienone is 2. The van der Waals surface area contributed by atoms with Crippen molar-refractivity contribution >= 4 is 23.6 Å². The van der Waals surface area contributed by atoms with E-state index >= 15 is 0 Å². The number of hydrogen-bond donors (Lipinski definition) is 3. The number of rotatable bonds is 12. The van der Waals surface area contributed by atoms with Gasteiger partial charge < -0.3 is 29.8 Å². The van der Waals surface area contributed by atoms with E-state index in [2.05, 4.69) is 59.0 Å². The summed E-state index contributed by atoms with van der Waals surface area (Å²) in [5, 5.41) is 14.1. The molecule has 0 aliphatic rings. The van der Waals surface area contributed by atoms with Crippen LogP contribution < -0.4 is 10.6 Å². The molecule has 1 aromatic heterocycles. The number of carbonyl (C=O) groups is 2. The Morgan fingerprint density at radius 3 is 2.40 bits per heavy atom. The van der Waals surface area contributed by atoms with Crippen LogP contribution in [0.4, 0.5) is 4.79 Å². The first-order valence-electron chi connectivity index (χ1n) is 14.1. The van der Waals surface area contributed by atoms with Gasteiger partial charge in [-0.15, -0.1) is 11.6 Å². The van der Waals surface area contributed by atoms with Gasteiger partial charge in [0.15, 0.2) is 0 Å². The number of nitrogens with zero attached hydrogens (tertiary/aromatic N) is 2. The standard InChI is InChI=1S/C16H21N3O2.C14H22ClNO3.C2H6/c1-10-6-7-13(11(2)8-10)14-9-19(4)15(18-14)12(3)17-16(20)21-5;1-11(2)19-12(3)5-6-13(7-8-15)14(18)16-9-4-10-17;1-2/h6-9,12H,1-5H3,(H,17,20);5-7,11,17H,3-4,8-10H2,1-2H3,(H,16,18);1-2H3/b;6-5-,13-7+;. The molecule has 1 aromatic carbocycles. The van der Waals surface area contributed by atoms with Crippen LogP contribution in [0.5, 0.6) is 0 Å². The zero-order valence-corrected chi connectivity index (χ0v) is 27.3. The highest BCUT2D eigenvalue weighted by Gasteiger charge is 2.17. The molecule has 0 saturated carbocycles. The van der Waals surface area contributed by atoms with Crippen LogP contribution in [0.2, 0.25) is 0 Å².